The number of carbonyl (C=O) groups excluding carboxylic acids is 1. The number of thioether (sulfide) groups is 1. The molecule has 176 valence electrons. The molecule has 0 bridgehead atoms. The smallest absolute Gasteiger partial charge is 0.335 e. The fraction of sp³-hybridized carbons (Fsp3) is 0.120. The van der Waals surface area contributed by atoms with Gasteiger partial charge in [0.05, 0.1) is 29.3 Å². The number of nitrogens with zero attached hydrogens (tertiary/aromatic N) is 3. The second-order valence-electron chi connectivity index (χ2n) is 7.59. The minimum absolute atomic E-state index is 0.159. The number of pyridine rings is 1. The van der Waals surface area contributed by atoms with Crippen molar-refractivity contribution in [1.29, 1.82) is 5.26 Å². The van der Waals surface area contributed by atoms with Gasteiger partial charge in [0.15, 0.2) is 0 Å². The maximum atomic E-state index is 12.7. The van der Waals surface area contributed by atoms with Crippen LogP contribution < -0.4 is 11.2 Å². The SMILES string of the molecule is CONC(=O)c1c(N)c2c(-c3ccccc3)c(C#N)c(SCc3cccc(C(=O)O)c3)nc2n1C. The van der Waals surface area contributed by atoms with Gasteiger partial charge in [-0.3, -0.25) is 9.63 Å². The van der Waals surface area contributed by atoms with Crippen LogP contribution in [0, 0.1) is 11.3 Å². The predicted molar refractivity (Wildman–Crippen MR) is 133 cm³/mol. The zero-order valence-corrected chi connectivity index (χ0v) is 19.7. The van der Waals surface area contributed by atoms with Gasteiger partial charge in [-0.05, 0) is 23.3 Å². The van der Waals surface area contributed by atoms with Gasteiger partial charge in [0.2, 0.25) is 0 Å². The van der Waals surface area contributed by atoms with Gasteiger partial charge >= 0.3 is 5.97 Å². The van der Waals surface area contributed by atoms with E-state index < -0.39 is 11.9 Å². The van der Waals surface area contributed by atoms with Crippen LogP contribution in [0.4, 0.5) is 5.69 Å². The molecule has 0 aliphatic carbocycles. The number of amides is 1. The topological polar surface area (TPSA) is 143 Å². The molecule has 35 heavy (non-hydrogen) atoms. The van der Waals surface area contributed by atoms with Crippen molar-refractivity contribution in [2.24, 2.45) is 7.05 Å². The van der Waals surface area contributed by atoms with Crippen molar-refractivity contribution in [3.05, 3.63) is 77.0 Å². The Kier molecular flexibility index (Phi) is 6.73. The average molecular weight is 488 g/mol. The Morgan fingerprint density at radius 1 is 1.23 bits per heavy atom. The Labute approximate surface area is 205 Å². The lowest BCUT2D eigenvalue weighted by molar-refractivity contribution is 0.0530. The van der Waals surface area contributed by atoms with Gasteiger partial charge in [0.25, 0.3) is 5.91 Å². The molecular formula is C25H21N5O4S. The lowest BCUT2D eigenvalue weighted by Gasteiger charge is -2.12. The summed E-state index contributed by atoms with van der Waals surface area (Å²) in [5, 5.41) is 20.4. The number of carbonyl (C=O) groups is 2. The molecular weight excluding hydrogens is 466 g/mol. The van der Waals surface area contributed by atoms with E-state index in [-0.39, 0.29) is 16.9 Å². The molecule has 2 aromatic heterocycles. The summed E-state index contributed by atoms with van der Waals surface area (Å²) in [6.07, 6.45) is 0. The molecule has 4 aromatic rings. The summed E-state index contributed by atoms with van der Waals surface area (Å²) in [6, 6.07) is 18.2. The summed E-state index contributed by atoms with van der Waals surface area (Å²) in [5.74, 6) is -1.16. The first-order chi connectivity index (χ1) is 16.9. The van der Waals surface area contributed by atoms with E-state index in [1.165, 1.54) is 24.9 Å². The quantitative estimate of drug-likeness (QED) is 0.262. The van der Waals surface area contributed by atoms with E-state index in [1.54, 1.807) is 23.7 Å². The van der Waals surface area contributed by atoms with Crippen LogP contribution >= 0.6 is 11.8 Å². The summed E-state index contributed by atoms with van der Waals surface area (Å²) in [4.78, 5) is 33.5. The van der Waals surface area contributed by atoms with Crippen molar-refractivity contribution >= 4 is 40.4 Å². The Morgan fingerprint density at radius 2 is 1.97 bits per heavy atom. The number of nitriles is 1. The number of hydrogen-bond acceptors (Lipinski definition) is 7. The highest BCUT2D eigenvalue weighted by molar-refractivity contribution is 7.98. The summed E-state index contributed by atoms with van der Waals surface area (Å²) >= 11 is 1.31. The molecule has 4 rings (SSSR count). The van der Waals surface area contributed by atoms with Crippen LogP contribution in [0.5, 0.6) is 0 Å². The number of rotatable bonds is 7. The maximum Gasteiger partial charge on any atom is 0.335 e. The number of hydrogen-bond donors (Lipinski definition) is 3. The summed E-state index contributed by atoms with van der Waals surface area (Å²) in [7, 11) is 2.99. The molecule has 9 nitrogen and oxygen atoms in total. The van der Waals surface area contributed by atoms with Crippen LogP contribution in [0.2, 0.25) is 0 Å². The van der Waals surface area contributed by atoms with Crippen molar-refractivity contribution in [3.63, 3.8) is 0 Å². The third-order valence-electron chi connectivity index (χ3n) is 5.46. The van der Waals surface area contributed by atoms with Gasteiger partial charge in [-0.25, -0.2) is 15.3 Å². The van der Waals surface area contributed by atoms with Crippen molar-refractivity contribution in [3.8, 4) is 17.2 Å². The van der Waals surface area contributed by atoms with Gasteiger partial charge in [-0.2, -0.15) is 5.26 Å². The lowest BCUT2D eigenvalue weighted by atomic mass is 9.98. The van der Waals surface area contributed by atoms with Crippen LogP contribution in [0.15, 0.2) is 59.6 Å². The van der Waals surface area contributed by atoms with E-state index in [4.69, 9.17) is 15.6 Å². The Hall–Kier alpha value is -4.33. The number of aromatic nitrogens is 2. The average Bonchev–Trinajstić information content (AvgIpc) is 3.11. The lowest BCUT2D eigenvalue weighted by Crippen LogP contribution is -2.25. The van der Waals surface area contributed by atoms with E-state index in [2.05, 4.69) is 11.5 Å². The number of nitrogen functional groups attached to an aromatic ring is 1. The number of fused-ring (bicyclic) bond motifs is 1. The van der Waals surface area contributed by atoms with Crippen LogP contribution in [0.1, 0.15) is 32.0 Å². The normalized spacial score (nSPS) is 10.8. The second kappa shape index (κ2) is 9.89. The fourth-order valence-electron chi connectivity index (χ4n) is 3.92. The molecule has 0 unspecified atom stereocenters. The Morgan fingerprint density at radius 3 is 2.63 bits per heavy atom. The van der Waals surface area contributed by atoms with Crippen molar-refractivity contribution in [2.75, 3.05) is 12.8 Å². The van der Waals surface area contributed by atoms with E-state index in [0.717, 1.165) is 11.1 Å². The molecule has 0 saturated heterocycles. The van der Waals surface area contributed by atoms with Crippen molar-refractivity contribution in [1.82, 2.24) is 15.0 Å². The monoisotopic (exact) mass is 487 g/mol. The van der Waals surface area contributed by atoms with E-state index in [1.807, 2.05) is 36.4 Å². The van der Waals surface area contributed by atoms with Gasteiger partial charge < -0.3 is 15.4 Å². The van der Waals surface area contributed by atoms with Crippen molar-refractivity contribution < 1.29 is 19.5 Å². The number of aryl methyl sites for hydroxylation is 1. The van der Waals surface area contributed by atoms with E-state index >= 15 is 0 Å². The molecule has 0 atom stereocenters. The zero-order chi connectivity index (χ0) is 25.1. The van der Waals surface area contributed by atoms with Crippen molar-refractivity contribution in [2.45, 2.75) is 10.8 Å². The van der Waals surface area contributed by atoms with E-state index in [9.17, 15) is 20.0 Å². The standard InChI is InChI=1S/C25H21N5O4S/c1-30-21(23(31)29-34-2)20(27)19-18(15-8-4-3-5-9-15)17(12-26)24(28-22(19)30)35-13-14-7-6-10-16(11-14)25(32)33/h3-11H,13,27H2,1-2H3,(H,29,31)(H,32,33). The molecule has 0 radical (unpaired) electrons. The summed E-state index contributed by atoms with van der Waals surface area (Å²) in [5.41, 5.74) is 12.1. The number of benzene rings is 2. The minimum Gasteiger partial charge on any atom is -0.478 e. The molecule has 2 aromatic carbocycles. The highest BCUT2D eigenvalue weighted by Gasteiger charge is 2.27. The molecule has 1 amide bonds. The third-order valence-corrected chi connectivity index (χ3v) is 6.50. The first-order valence-corrected chi connectivity index (χ1v) is 11.4. The van der Waals surface area contributed by atoms with E-state index in [0.29, 0.717) is 32.9 Å². The molecule has 0 fully saturated rings. The largest absolute Gasteiger partial charge is 0.478 e. The van der Waals surface area contributed by atoms with Gasteiger partial charge in [0.1, 0.15) is 22.4 Å². The van der Waals surface area contributed by atoms with Gasteiger partial charge in [0, 0.05) is 18.4 Å². The number of carboxylic acid groups (broad SMARTS) is 1. The fourth-order valence-corrected chi connectivity index (χ4v) is 4.84. The Bertz CT molecular complexity index is 1490. The summed E-state index contributed by atoms with van der Waals surface area (Å²) < 4.78 is 1.57. The first-order valence-electron chi connectivity index (χ1n) is 10.4. The number of carboxylic acids is 1. The van der Waals surface area contributed by atoms with Crippen LogP contribution in [-0.2, 0) is 17.6 Å². The molecule has 10 heteroatoms. The molecule has 4 N–H and O–H groups in total. The van der Waals surface area contributed by atoms with Gasteiger partial charge in [-0.1, -0.05) is 42.5 Å². The second-order valence-corrected chi connectivity index (χ2v) is 8.56. The number of nitrogens with two attached hydrogens (primary N) is 1. The molecule has 0 saturated carbocycles. The molecule has 2 heterocycles. The highest BCUT2D eigenvalue weighted by Crippen LogP contribution is 2.41. The third kappa shape index (κ3) is 4.42. The van der Waals surface area contributed by atoms with Crippen LogP contribution in [-0.4, -0.2) is 33.6 Å². The maximum absolute atomic E-state index is 12.7. The number of anilines is 1. The minimum atomic E-state index is -1.01. The number of hydroxylamine groups is 1. The predicted octanol–water partition coefficient (Wildman–Crippen LogP) is 3.98. The van der Waals surface area contributed by atoms with Gasteiger partial charge in [-0.15, -0.1) is 11.8 Å². The van der Waals surface area contributed by atoms with Crippen LogP contribution in [0.25, 0.3) is 22.2 Å². The first kappa shape index (κ1) is 23.8. The number of nitrogens with one attached hydrogen (secondary N) is 1. The summed E-state index contributed by atoms with van der Waals surface area (Å²) in [6.45, 7) is 0. The highest BCUT2D eigenvalue weighted by atomic mass is 32.2. The Balaban J connectivity index is 1.92. The number of aromatic carboxylic acids is 1. The molecule has 0 aliphatic heterocycles. The zero-order valence-electron chi connectivity index (χ0n) is 18.9. The molecule has 0 aliphatic rings. The molecule has 0 spiro atoms. The van der Waals surface area contributed by atoms with Crippen LogP contribution in [0.3, 0.4) is 0 Å².